The van der Waals surface area contributed by atoms with E-state index in [0.717, 1.165) is 28.3 Å². The van der Waals surface area contributed by atoms with Gasteiger partial charge in [-0.15, -0.1) is 11.3 Å². The number of hydrogen-bond donors (Lipinski definition) is 1. The van der Waals surface area contributed by atoms with Gasteiger partial charge in [0.15, 0.2) is 5.13 Å². The fourth-order valence-corrected chi connectivity index (χ4v) is 5.43. The smallest absolute Gasteiger partial charge is 0.263 e. The van der Waals surface area contributed by atoms with Crippen molar-refractivity contribution in [1.82, 2.24) is 10.1 Å². The number of thiazole rings is 1. The fraction of sp³-hybridized carbons (Fsp3) is 0.182. The molecule has 0 bridgehead atoms. The largest absolute Gasteiger partial charge is 0.490 e. The first-order chi connectivity index (χ1) is 15.5. The highest BCUT2D eigenvalue weighted by molar-refractivity contribution is 7.93. The summed E-state index contributed by atoms with van der Waals surface area (Å²) in [5.41, 5.74) is 3.61. The summed E-state index contributed by atoms with van der Waals surface area (Å²) in [6.45, 7) is 3.58. The zero-order valence-electron chi connectivity index (χ0n) is 17.2. The van der Waals surface area contributed by atoms with Crippen LogP contribution >= 0.6 is 11.3 Å². The van der Waals surface area contributed by atoms with Crippen LogP contribution in [0.25, 0.3) is 11.3 Å². The third-order valence-electron chi connectivity index (χ3n) is 5.24. The van der Waals surface area contributed by atoms with Gasteiger partial charge >= 0.3 is 0 Å². The summed E-state index contributed by atoms with van der Waals surface area (Å²) >= 11 is 1.22. The molecule has 0 unspecified atom stereocenters. The Balaban J connectivity index is 1.44. The first kappa shape index (κ1) is 20.5. The Hall–Kier alpha value is -3.37. The zero-order valence-corrected chi connectivity index (χ0v) is 18.8. The van der Waals surface area contributed by atoms with E-state index in [9.17, 15) is 8.42 Å². The number of benzene rings is 2. The van der Waals surface area contributed by atoms with Crippen LogP contribution in [0.15, 0.2) is 69.5 Å². The van der Waals surface area contributed by atoms with Crippen LogP contribution in [0.4, 0.5) is 10.8 Å². The number of rotatable bonds is 6. The molecule has 32 heavy (non-hydrogen) atoms. The Morgan fingerprint density at radius 1 is 1.19 bits per heavy atom. The molecule has 164 valence electrons. The predicted octanol–water partition coefficient (Wildman–Crippen LogP) is 4.31. The molecule has 5 rings (SSSR count). The Kier molecular flexibility index (Phi) is 5.32. The Morgan fingerprint density at radius 3 is 2.81 bits per heavy atom. The molecular weight excluding hydrogens is 448 g/mol. The maximum absolute atomic E-state index is 12.7. The molecule has 8 nitrogen and oxygen atoms in total. The highest BCUT2D eigenvalue weighted by atomic mass is 32.2. The monoisotopic (exact) mass is 468 g/mol. The summed E-state index contributed by atoms with van der Waals surface area (Å²) in [7, 11) is -3.76. The Morgan fingerprint density at radius 2 is 2.03 bits per heavy atom. The third-order valence-corrected chi connectivity index (χ3v) is 7.39. The minimum absolute atomic E-state index is 0.124. The van der Waals surface area contributed by atoms with Crippen molar-refractivity contribution < 1.29 is 17.7 Å². The molecule has 0 saturated heterocycles. The van der Waals surface area contributed by atoms with Crippen LogP contribution in [0.1, 0.15) is 11.3 Å². The van der Waals surface area contributed by atoms with E-state index in [1.165, 1.54) is 11.3 Å². The number of sulfonamides is 1. The van der Waals surface area contributed by atoms with Crippen LogP contribution in [0.5, 0.6) is 5.75 Å². The van der Waals surface area contributed by atoms with Crippen LogP contribution in [-0.4, -0.2) is 31.7 Å². The van der Waals surface area contributed by atoms with E-state index in [0.29, 0.717) is 30.6 Å². The van der Waals surface area contributed by atoms with E-state index in [1.807, 2.05) is 37.3 Å². The molecule has 10 heteroatoms. The summed E-state index contributed by atoms with van der Waals surface area (Å²) in [4.78, 5) is 6.26. The summed E-state index contributed by atoms with van der Waals surface area (Å²) in [6, 6.07) is 14.8. The van der Waals surface area contributed by atoms with Crippen molar-refractivity contribution in [2.24, 2.45) is 0 Å². The van der Waals surface area contributed by atoms with Gasteiger partial charge in [0.25, 0.3) is 10.0 Å². The molecule has 1 aliphatic heterocycles. The molecule has 1 N–H and O–H groups in total. The molecular formula is C22H20N4O4S2. The number of ether oxygens (including phenoxy) is 1. The van der Waals surface area contributed by atoms with Gasteiger partial charge in [0.1, 0.15) is 23.8 Å². The number of hydrogen-bond acceptors (Lipinski definition) is 8. The number of aryl methyl sites for hydroxylation is 1. The van der Waals surface area contributed by atoms with Crippen LogP contribution in [0.2, 0.25) is 0 Å². The normalized spacial score (nSPS) is 13.5. The number of fused-ring (bicyclic) bond motifs is 1. The highest BCUT2D eigenvalue weighted by Gasteiger charge is 2.25. The van der Waals surface area contributed by atoms with E-state index in [-0.39, 0.29) is 4.90 Å². The van der Waals surface area contributed by atoms with Crippen molar-refractivity contribution in [3.8, 4) is 17.0 Å². The van der Waals surface area contributed by atoms with Crippen molar-refractivity contribution in [3.63, 3.8) is 0 Å². The van der Waals surface area contributed by atoms with Crippen LogP contribution in [0, 0.1) is 6.92 Å². The third kappa shape index (κ3) is 3.94. The number of nitrogens with one attached hydrogen (secondary N) is 1. The van der Waals surface area contributed by atoms with Crippen molar-refractivity contribution in [2.75, 3.05) is 22.8 Å². The summed E-state index contributed by atoms with van der Waals surface area (Å²) in [5, 5.41) is 6.30. The first-order valence-corrected chi connectivity index (χ1v) is 12.3. The second kappa shape index (κ2) is 8.29. The van der Waals surface area contributed by atoms with Gasteiger partial charge in [0.2, 0.25) is 0 Å². The van der Waals surface area contributed by atoms with Gasteiger partial charge in [0.05, 0.1) is 17.1 Å². The van der Waals surface area contributed by atoms with E-state index in [2.05, 4.69) is 19.8 Å². The molecule has 3 heterocycles. The number of nitrogens with zero attached hydrogens (tertiary/aromatic N) is 3. The van der Waals surface area contributed by atoms with Crippen molar-refractivity contribution in [2.45, 2.75) is 18.4 Å². The average molecular weight is 469 g/mol. The minimum Gasteiger partial charge on any atom is -0.490 e. The lowest BCUT2D eigenvalue weighted by atomic mass is 10.1. The number of aromatic nitrogens is 2. The van der Waals surface area contributed by atoms with Crippen LogP contribution < -0.4 is 14.4 Å². The Labute approximate surface area is 189 Å². The summed E-state index contributed by atoms with van der Waals surface area (Å²) in [6.07, 6.45) is 1.55. The van der Waals surface area contributed by atoms with E-state index in [1.54, 1.807) is 29.8 Å². The van der Waals surface area contributed by atoms with Gasteiger partial charge in [-0.1, -0.05) is 35.5 Å². The van der Waals surface area contributed by atoms with E-state index in [4.69, 9.17) is 9.26 Å². The average Bonchev–Trinajstić information content (AvgIpc) is 3.44. The Bertz CT molecular complexity index is 1340. The predicted molar refractivity (Wildman–Crippen MR) is 123 cm³/mol. The second-order valence-corrected chi connectivity index (χ2v) is 9.85. The minimum atomic E-state index is -3.76. The lowest BCUT2D eigenvalue weighted by Crippen LogP contribution is -2.32. The molecule has 4 aromatic rings. The zero-order chi connectivity index (χ0) is 22.1. The van der Waals surface area contributed by atoms with Gasteiger partial charge in [-0.3, -0.25) is 4.72 Å². The molecule has 0 radical (unpaired) electrons. The molecule has 0 spiro atoms. The quantitative estimate of drug-likeness (QED) is 0.450. The number of anilines is 2. The fourth-order valence-electron chi connectivity index (χ4n) is 3.63. The van der Waals surface area contributed by atoms with Crippen LogP contribution in [0.3, 0.4) is 0 Å². The molecule has 0 saturated carbocycles. The maximum Gasteiger partial charge on any atom is 0.263 e. The van der Waals surface area contributed by atoms with Gasteiger partial charge in [0, 0.05) is 35.3 Å². The van der Waals surface area contributed by atoms with Crippen molar-refractivity contribution in [3.05, 3.63) is 71.4 Å². The molecule has 0 fully saturated rings. The lowest BCUT2D eigenvalue weighted by molar-refractivity contribution is 0.306. The molecule has 2 aromatic heterocycles. The standard InChI is InChI=1S/C22H20N4O4S2/c1-15-18(21(24-30-15)16-5-3-2-4-6-16)14-26-10-11-29-20-13-17(7-8-19(20)26)32(27,28)25-22-23-9-12-31-22/h2-9,12-13H,10-11,14H2,1H3,(H,23,25). The summed E-state index contributed by atoms with van der Waals surface area (Å²) < 4.78 is 39.3. The van der Waals surface area contributed by atoms with Gasteiger partial charge < -0.3 is 14.2 Å². The van der Waals surface area contributed by atoms with Gasteiger partial charge in [-0.05, 0) is 19.1 Å². The summed E-state index contributed by atoms with van der Waals surface area (Å²) in [5.74, 6) is 1.28. The lowest BCUT2D eigenvalue weighted by Gasteiger charge is -2.31. The van der Waals surface area contributed by atoms with E-state index >= 15 is 0 Å². The SMILES string of the molecule is Cc1onc(-c2ccccc2)c1CN1CCOc2cc(S(=O)(=O)Nc3nccs3)ccc21. The van der Waals surface area contributed by atoms with Gasteiger partial charge in [-0.2, -0.15) is 0 Å². The van der Waals surface area contributed by atoms with Crippen LogP contribution in [-0.2, 0) is 16.6 Å². The second-order valence-electron chi connectivity index (χ2n) is 7.27. The molecule has 1 aliphatic rings. The molecule has 2 aromatic carbocycles. The topological polar surface area (TPSA) is 97.6 Å². The molecule has 0 amide bonds. The molecule has 0 aliphatic carbocycles. The highest BCUT2D eigenvalue weighted by Crippen LogP contribution is 2.36. The molecule has 0 atom stereocenters. The first-order valence-electron chi connectivity index (χ1n) is 9.96. The maximum atomic E-state index is 12.7. The van der Waals surface area contributed by atoms with Crippen molar-refractivity contribution in [1.29, 1.82) is 0 Å². The van der Waals surface area contributed by atoms with Gasteiger partial charge in [-0.25, -0.2) is 13.4 Å². The van der Waals surface area contributed by atoms with E-state index < -0.39 is 10.0 Å². The van der Waals surface area contributed by atoms with Crippen molar-refractivity contribution >= 4 is 32.2 Å².